The summed E-state index contributed by atoms with van der Waals surface area (Å²) in [6.45, 7) is 4.12. The van der Waals surface area contributed by atoms with Crippen LogP contribution in [0, 0.1) is 0 Å². The van der Waals surface area contributed by atoms with Crippen molar-refractivity contribution in [2.75, 3.05) is 37.8 Å². The molecule has 0 saturated carbocycles. The van der Waals surface area contributed by atoms with E-state index in [0.717, 1.165) is 5.00 Å². The van der Waals surface area contributed by atoms with E-state index in [0.29, 0.717) is 37.5 Å². The van der Waals surface area contributed by atoms with E-state index in [1.165, 1.54) is 17.6 Å². The Morgan fingerprint density at radius 1 is 1.25 bits per heavy atom. The number of anilines is 1. The van der Waals surface area contributed by atoms with E-state index in [4.69, 9.17) is 9.15 Å². The van der Waals surface area contributed by atoms with Crippen molar-refractivity contribution in [1.29, 1.82) is 0 Å². The minimum Gasteiger partial charge on any atom is -0.464 e. The standard InChI is InChI=1S/C19H21N3O5S/c1-2-26-19(25)14-12-15(23)13-5-11-28-18(13)22(14)21-8-6-20(7-9-21)17(24)16-4-3-10-27-16/h3-5,10-11,14H,2,6-9,12H2,1H3. The Kier molecular flexibility index (Phi) is 5.19. The molecule has 28 heavy (non-hydrogen) atoms. The number of piperazine rings is 1. The third-order valence-corrected chi connectivity index (χ3v) is 5.87. The maximum absolute atomic E-state index is 12.5. The van der Waals surface area contributed by atoms with Crippen molar-refractivity contribution in [3.8, 4) is 0 Å². The lowest BCUT2D eigenvalue weighted by Crippen LogP contribution is -2.61. The van der Waals surface area contributed by atoms with E-state index in [1.807, 2.05) is 15.4 Å². The van der Waals surface area contributed by atoms with Gasteiger partial charge in [-0.05, 0) is 30.5 Å². The van der Waals surface area contributed by atoms with Crippen LogP contribution in [-0.4, -0.2) is 66.4 Å². The molecule has 2 aromatic heterocycles. The van der Waals surface area contributed by atoms with Gasteiger partial charge in [0.25, 0.3) is 5.91 Å². The number of hydrazine groups is 1. The monoisotopic (exact) mass is 403 g/mol. The van der Waals surface area contributed by atoms with Gasteiger partial charge in [-0.2, -0.15) is 0 Å². The second-order valence-electron chi connectivity index (χ2n) is 6.60. The Hall–Kier alpha value is -2.65. The first kappa shape index (κ1) is 18.7. The lowest BCUT2D eigenvalue weighted by atomic mass is 10.0. The van der Waals surface area contributed by atoms with Gasteiger partial charge in [0.1, 0.15) is 5.00 Å². The number of hydrogen-bond donors (Lipinski definition) is 0. The fourth-order valence-corrected chi connectivity index (χ4v) is 4.61. The number of fused-ring (bicyclic) bond motifs is 1. The molecule has 1 fully saturated rings. The van der Waals surface area contributed by atoms with Gasteiger partial charge in [0.2, 0.25) is 0 Å². The number of ketones is 1. The van der Waals surface area contributed by atoms with E-state index < -0.39 is 12.0 Å². The Bertz CT molecular complexity index is 870. The molecule has 4 heterocycles. The maximum atomic E-state index is 12.5. The van der Waals surface area contributed by atoms with Gasteiger partial charge in [-0.15, -0.1) is 11.3 Å². The van der Waals surface area contributed by atoms with Crippen LogP contribution < -0.4 is 5.01 Å². The van der Waals surface area contributed by atoms with Crippen LogP contribution in [0.25, 0.3) is 0 Å². The summed E-state index contributed by atoms with van der Waals surface area (Å²) in [4.78, 5) is 39.2. The number of ether oxygens (including phenoxy) is 1. The van der Waals surface area contributed by atoms with Gasteiger partial charge < -0.3 is 14.1 Å². The Balaban J connectivity index is 1.53. The fraction of sp³-hybridized carbons (Fsp3) is 0.421. The van der Waals surface area contributed by atoms with Crippen LogP contribution in [0.1, 0.15) is 34.3 Å². The molecule has 0 radical (unpaired) electrons. The lowest BCUT2D eigenvalue weighted by molar-refractivity contribution is -0.145. The summed E-state index contributed by atoms with van der Waals surface area (Å²) in [7, 11) is 0. The summed E-state index contributed by atoms with van der Waals surface area (Å²) in [6, 6.07) is 4.47. The zero-order valence-electron chi connectivity index (χ0n) is 15.5. The molecule has 1 atom stereocenters. The molecule has 1 amide bonds. The molecule has 2 aliphatic heterocycles. The molecule has 1 unspecified atom stereocenters. The zero-order chi connectivity index (χ0) is 19.7. The summed E-state index contributed by atoms with van der Waals surface area (Å²) in [5.74, 6) is -0.264. The van der Waals surface area contributed by atoms with Crippen molar-refractivity contribution in [2.45, 2.75) is 19.4 Å². The van der Waals surface area contributed by atoms with Gasteiger partial charge in [-0.25, -0.2) is 9.80 Å². The normalized spacial score (nSPS) is 20.2. The molecule has 9 heteroatoms. The van der Waals surface area contributed by atoms with Gasteiger partial charge in [-0.1, -0.05) is 0 Å². The molecule has 0 spiro atoms. The number of nitrogens with zero attached hydrogens (tertiary/aromatic N) is 3. The van der Waals surface area contributed by atoms with Gasteiger partial charge in [-0.3, -0.25) is 14.6 Å². The van der Waals surface area contributed by atoms with E-state index in [-0.39, 0.29) is 24.7 Å². The van der Waals surface area contributed by atoms with E-state index in [2.05, 4.69) is 0 Å². The lowest BCUT2D eigenvalue weighted by Gasteiger charge is -2.45. The number of carbonyl (C=O) groups excluding carboxylic acids is 3. The van der Waals surface area contributed by atoms with Crippen LogP contribution in [0.4, 0.5) is 5.00 Å². The van der Waals surface area contributed by atoms with Crippen molar-refractivity contribution in [3.63, 3.8) is 0 Å². The van der Waals surface area contributed by atoms with E-state index >= 15 is 0 Å². The summed E-state index contributed by atoms with van der Waals surface area (Å²) in [6.07, 6.45) is 1.57. The Morgan fingerprint density at radius 3 is 2.71 bits per heavy atom. The smallest absolute Gasteiger partial charge is 0.330 e. The largest absolute Gasteiger partial charge is 0.464 e. The average Bonchev–Trinajstić information content (AvgIpc) is 3.40. The predicted octanol–water partition coefficient (Wildman–Crippen LogP) is 2.04. The van der Waals surface area contributed by atoms with Gasteiger partial charge in [0.05, 0.1) is 18.4 Å². The minimum atomic E-state index is -0.675. The molecule has 0 bridgehead atoms. The Labute approximate surface area is 166 Å². The molecule has 2 aliphatic rings. The minimum absolute atomic E-state index is 0.0443. The van der Waals surface area contributed by atoms with Crippen LogP contribution in [0.15, 0.2) is 34.3 Å². The highest BCUT2D eigenvalue weighted by atomic mass is 32.1. The molecule has 8 nitrogen and oxygen atoms in total. The third-order valence-electron chi connectivity index (χ3n) is 4.97. The first-order chi connectivity index (χ1) is 13.6. The molecule has 0 aromatic carbocycles. The number of carbonyl (C=O) groups is 3. The SMILES string of the molecule is CCOC(=O)C1CC(=O)c2ccsc2N1N1CCN(C(=O)c2ccco2)CC1. The number of amides is 1. The van der Waals surface area contributed by atoms with Gasteiger partial charge >= 0.3 is 5.97 Å². The van der Waals surface area contributed by atoms with Crippen LogP contribution in [0.3, 0.4) is 0 Å². The highest BCUT2D eigenvalue weighted by Gasteiger charge is 2.41. The van der Waals surface area contributed by atoms with Crippen molar-refractivity contribution in [3.05, 3.63) is 41.2 Å². The molecule has 4 rings (SSSR count). The first-order valence-electron chi connectivity index (χ1n) is 9.24. The average molecular weight is 403 g/mol. The number of esters is 1. The van der Waals surface area contributed by atoms with Crippen LogP contribution in [0.2, 0.25) is 0 Å². The topological polar surface area (TPSA) is 83.3 Å². The number of hydrogen-bond acceptors (Lipinski definition) is 8. The van der Waals surface area contributed by atoms with Gasteiger partial charge in [0, 0.05) is 32.6 Å². The molecule has 1 saturated heterocycles. The Morgan fingerprint density at radius 2 is 2.04 bits per heavy atom. The van der Waals surface area contributed by atoms with Crippen molar-refractivity contribution in [2.24, 2.45) is 0 Å². The van der Waals surface area contributed by atoms with Crippen molar-refractivity contribution >= 4 is 34.0 Å². The summed E-state index contributed by atoms with van der Waals surface area (Å²) in [5.41, 5.74) is 0.639. The van der Waals surface area contributed by atoms with E-state index in [9.17, 15) is 14.4 Å². The zero-order valence-corrected chi connectivity index (χ0v) is 16.3. The van der Waals surface area contributed by atoms with E-state index in [1.54, 1.807) is 30.0 Å². The molecule has 0 aliphatic carbocycles. The predicted molar refractivity (Wildman–Crippen MR) is 102 cm³/mol. The highest BCUT2D eigenvalue weighted by molar-refractivity contribution is 7.14. The van der Waals surface area contributed by atoms with Gasteiger partial charge in [0.15, 0.2) is 17.6 Å². The highest BCUT2D eigenvalue weighted by Crippen LogP contribution is 2.37. The second kappa shape index (κ2) is 7.76. The molecule has 0 N–H and O–H groups in total. The molecular weight excluding hydrogens is 382 g/mol. The van der Waals surface area contributed by atoms with Crippen LogP contribution in [0.5, 0.6) is 0 Å². The van der Waals surface area contributed by atoms with Crippen molar-refractivity contribution in [1.82, 2.24) is 9.91 Å². The maximum Gasteiger partial charge on any atom is 0.330 e. The summed E-state index contributed by atoms with van der Waals surface area (Å²) in [5, 5.41) is 6.56. The summed E-state index contributed by atoms with van der Waals surface area (Å²) >= 11 is 1.44. The van der Waals surface area contributed by atoms with Crippen LogP contribution >= 0.6 is 11.3 Å². The number of furan rings is 1. The third kappa shape index (κ3) is 3.31. The number of rotatable bonds is 4. The fourth-order valence-electron chi connectivity index (χ4n) is 3.62. The quantitative estimate of drug-likeness (QED) is 0.723. The molecule has 2 aromatic rings. The summed E-state index contributed by atoms with van der Waals surface area (Å²) < 4.78 is 10.4. The first-order valence-corrected chi connectivity index (χ1v) is 10.1. The van der Waals surface area contributed by atoms with Crippen molar-refractivity contribution < 1.29 is 23.5 Å². The number of Topliss-reactive ketones (excluding diaryl/α,β-unsaturated/α-hetero) is 1. The molecular formula is C19H21N3O5S. The number of thiophene rings is 1. The van der Waals surface area contributed by atoms with Crippen LogP contribution in [-0.2, 0) is 9.53 Å². The molecule has 148 valence electrons. The second-order valence-corrected chi connectivity index (χ2v) is 7.50.